The SMILES string of the molecule is Fc1ccccc1C1CCCCCN1. The average Bonchev–Trinajstić information content (AvgIpc) is 2.47. The molecule has 0 saturated carbocycles. The van der Waals surface area contributed by atoms with Gasteiger partial charge in [0, 0.05) is 11.6 Å². The highest BCUT2D eigenvalue weighted by molar-refractivity contribution is 5.21. The molecule has 76 valence electrons. The standard InChI is InChI=1S/C12H16FN/c13-11-7-4-3-6-10(11)12-8-2-1-5-9-14-12/h3-4,6-7,12,14H,1-2,5,8-9H2. The second-order valence-corrected chi connectivity index (χ2v) is 3.88. The molecule has 1 saturated heterocycles. The van der Waals surface area contributed by atoms with Crippen molar-refractivity contribution in [2.45, 2.75) is 31.7 Å². The van der Waals surface area contributed by atoms with Crippen molar-refractivity contribution in [3.8, 4) is 0 Å². The highest BCUT2D eigenvalue weighted by Gasteiger charge is 2.16. The maximum atomic E-state index is 13.5. The summed E-state index contributed by atoms with van der Waals surface area (Å²) in [6, 6.07) is 7.31. The fourth-order valence-corrected chi connectivity index (χ4v) is 2.05. The Hall–Kier alpha value is -0.890. The molecule has 0 bridgehead atoms. The fraction of sp³-hybridized carbons (Fsp3) is 0.500. The summed E-state index contributed by atoms with van der Waals surface area (Å²) in [6.07, 6.45) is 4.73. The van der Waals surface area contributed by atoms with Crippen LogP contribution in [0.4, 0.5) is 4.39 Å². The lowest BCUT2D eigenvalue weighted by Crippen LogP contribution is -2.21. The van der Waals surface area contributed by atoms with E-state index in [2.05, 4.69) is 5.32 Å². The summed E-state index contributed by atoms with van der Waals surface area (Å²) in [4.78, 5) is 0. The third kappa shape index (κ3) is 2.13. The molecule has 2 rings (SSSR count). The number of hydrogen-bond donors (Lipinski definition) is 1. The van der Waals surface area contributed by atoms with Crippen LogP contribution in [-0.4, -0.2) is 6.54 Å². The molecular weight excluding hydrogens is 177 g/mol. The molecule has 2 heteroatoms. The quantitative estimate of drug-likeness (QED) is 0.723. The summed E-state index contributed by atoms with van der Waals surface area (Å²) >= 11 is 0. The van der Waals surface area contributed by atoms with Crippen LogP contribution in [0.15, 0.2) is 24.3 Å². The van der Waals surface area contributed by atoms with E-state index in [4.69, 9.17) is 0 Å². The van der Waals surface area contributed by atoms with Crippen LogP contribution in [0.25, 0.3) is 0 Å². The molecule has 1 aliphatic heterocycles. The van der Waals surface area contributed by atoms with Gasteiger partial charge in [-0.25, -0.2) is 4.39 Å². The monoisotopic (exact) mass is 193 g/mol. The Morgan fingerprint density at radius 1 is 1.14 bits per heavy atom. The smallest absolute Gasteiger partial charge is 0.127 e. The van der Waals surface area contributed by atoms with Gasteiger partial charge in [-0.05, 0) is 25.5 Å². The zero-order valence-electron chi connectivity index (χ0n) is 8.30. The summed E-state index contributed by atoms with van der Waals surface area (Å²) in [5.41, 5.74) is 0.828. The van der Waals surface area contributed by atoms with Crippen LogP contribution < -0.4 is 5.32 Å². The maximum absolute atomic E-state index is 13.5. The number of halogens is 1. The second-order valence-electron chi connectivity index (χ2n) is 3.88. The van der Waals surface area contributed by atoms with Crippen molar-refractivity contribution in [2.75, 3.05) is 6.54 Å². The molecular formula is C12H16FN. The van der Waals surface area contributed by atoms with E-state index in [0.29, 0.717) is 0 Å². The molecule has 1 aromatic rings. The predicted molar refractivity (Wildman–Crippen MR) is 55.6 cm³/mol. The van der Waals surface area contributed by atoms with Crippen LogP contribution in [0.3, 0.4) is 0 Å². The van der Waals surface area contributed by atoms with E-state index < -0.39 is 0 Å². The van der Waals surface area contributed by atoms with Gasteiger partial charge in [-0.2, -0.15) is 0 Å². The minimum Gasteiger partial charge on any atom is -0.310 e. The summed E-state index contributed by atoms with van der Waals surface area (Å²) in [7, 11) is 0. The number of rotatable bonds is 1. The third-order valence-electron chi connectivity index (χ3n) is 2.84. The third-order valence-corrected chi connectivity index (χ3v) is 2.84. The molecule has 0 spiro atoms. The maximum Gasteiger partial charge on any atom is 0.127 e. The Morgan fingerprint density at radius 2 is 2.00 bits per heavy atom. The molecule has 1 atom stereocenters. The minimum absolute atomic E-state index is 0.0769. The van der Waals surface area contributed by atoms with Gasteiger partial charge in [-0.15, -0.1) is 0 Å². The van der Waals surface area contributed by atoms with Crippen LogP contribution in [0.5, 0.6) is 0 Å². The van der Waals surface area contributed by atoms with Crippen molar-refractivity contribution in [1.29, 1.82) is 0 Å². The lowest BCUT2D eigenvalue weighted by Gasteiger charge is -2.16. The molecule has 1 heterocycles. The van der Waals surface area contributed by atoms with Crippen LogP contribution in [0.2, 0.25) is 0 Å². The first-order chi connectivity index (χ1) is 6.88. The van der Waals surface area contributed by atoms with Gasteiger partial charge < -0.3 is 5.32 Å². The molecule has 1 nitrogen and oxygen atoms in total. The first-order valence-corrected chi connectivity index (χ1v) is 5.36. The van der Waals surface area contributed by atoms with Crippen molar-refractivity contribution in [2.24, 2.45) is 0 Å². The Morgan fingerprint density at radius 3 is 2.86 bits per heavy atom. The zero-order valence-corrected chi connectivity index (χ0v) is 8.30. The summed E-state index contributed by atoms with van der Waals surface area (Å²) < 4.78 is 13.5. The molecule has 1 fully saturated rings. The van der Waals surface area contributed by atoms with Gasteiger partial charge in [0.15, 0.2) is 0 Å². The number of benzene rings is 1. The molecule has 1 aromatic carbocycles. The van der Waals surface area contributed by atoms with Gasteiger partial charge in [0.05, 0.1) is 0 Å². The fourth-order valence-electron chi connectivity index (χ4n) is 2.05. The van der Waals surface area contributed by atoms with E-state index in [1.54, 1.807) is 12.1 Å². The van der Waals surface area contributed by atoms with Gasteiger partial charge in [-0.3, -0.25) is 0 Å². The van der Waals surface area contributed by atoms with Crippen molar-refractivity contribution in [1.82, 2.24) is 5.32 Å². The highest BCUT2D eigenvalue weighted by atomic mass is 19.1. The highest BCUT2D eigenvalue weighted by Crippen LogP contribution is 2.24. The van der Waals surface area contributed by atoms with Crippen LogP contribution in [0, 0.1) is 5.82 Å². The van der Waals surface area contributed by atoms with Gasteiger partial charge in [0.25, 0.3) is 0 Å². The molecule has 0 amide bonds. The van der Waals surface area contributed by atoms with Crippen LogP contribution in [0.1, 0.15) is 37.3 Å². The molecule has 0 aromatic heterocycles. The van der Waals surface area contributed by atoms with E-state index in [-0.39, 0.29) is 11.9 Å². The molecule has 1 N–H and O–H groups in total. The number of hydrogen-bond acceptors (Lipinski definition) is 1. The Labute approximate surface area is 84.3 Å². The van der Waals surface area contributed by atoms with E-state index in [0.717, 1.165) is 18.5 Å². The molecule has 14 heavy (non-hydrogen) atoms. The lowest BCUT2D eigenvalue weighted by atomic mass is 10.0. The summed E-state index contributed by atoms with van der Waals surface area (Å²) in [5.74, 6) is -0.0769. The van der Waals surface area contributed by atoms with E-state index in [1.807, 2.05) is 12.1 Å². The largest absolute Gasteiger partial charge is 0.310 e. The number of nitrogens with one attached hydrogen (secondary N) is 1. The van der Waals surface area contributed by atoms with Gasteiger partial charge in [0.1, 0.15) is 5.82 Å². The van der Waals surface area contributed by atoms with Crippen molar-refractivity contribution >= 4 is 0 Å². The van der Waals surface area contributed by atoms with Crippen molar-refractivity contribution < 1.29 is 4.39 Å². The second kappa shape index (κ2) is 4.56. The molecule has 0 aliphatic carbocycles. The summed E-state index contributed by atoms with van der Waals surface area (Å²) in [6.45, 7) is 1.01. The average molecular weight is 193 g/mol. The van der Waals surface area contributed by atoms with E-state index in [9.17, 15) is 4.39 Å². The van der Waals surface area contributed by atoms with Gasteiger partial charge >= 0.3 is 0 Å². The normalized spacial score (nSPS) is 23.1. The first kappa shape index (κ1) is 9.66. The van der Waals surface area contributed by atoms with Gasteiger partial charge in [-0.1, -0.05) is 31.0 Å². The minimum atomic E-state index is -0.0769. The molecule has 1 aliphatic rings. The van der Waals surface area contributed by atoms with Gasteiger partial charge in [0.2, 0.25) is 0 Å². The van der Waals surface area contributed by atoms with Crippen molar-refractivity contribution in [3.05, 3.63) is 35.6 Å². The first-order valence-electron chi connectivity index (χ1n) is 5.36. The Balaban J connectivity index is 2.16. The van der Waals surface area contributed by atoms with Crippen LogP contribution in [-0.2, 0) is 0 Å². The zero-order chi connectivity index (χ0) is 9.80. The molecule has 1 unspecified atom stereocenters. The Kier molecular flexibility index (Phi) is 3.14. The lowest BCUT2D eigenvalue weighted by molar-refractivity contribution is 0.499. The Bertz CT molecular complexity index is 290. The van der Waals surface area contributed by atoms with Crippen molar-refractivity contribution in [3.63, 3.8) is 0 Å². The molecule has 0 radical (unpaired) electrons. The van der Waals surface area contributed by atoms with E-state index in [1.165, 1.54) is 19.3 Å². The van der Waals surface area contributed by atoms with E-state index >= 15 is 0 Å². The van der Waals surface area contributed by atoms with Crippen LogP contribution >= 0.6 is 0 Å². The topological polar surface area (TPSA) is 12.0 Å². The summed E-state index contributed by atoms with van der Waals surface area (Å²) in [5, 5.41) is 3.40. The predicted octanol–water partition coefficient (Wildman–Crippen LogP) is 3.03.